The average Bonchev–Trinajstić information content (AvgIpc) is 2.44. The van der Waals surface area contributed by atoms with Gasteiger partial charge >= 0.3 is 0 Å². The summed E-state index contributed by atoms with van der Waals surface area (Å²) in [6, 6.07) is 1.81. The summed E-state index contributed by atoms with van der Waals surface area (Å²) in [5, 5.41) is 10.3. The molecule has 0 saturated carbocycles. The normalized spacial score (nSPS) is 12.9. The van der Waals surface area contributed by atoms with Gasteiger partial charge in [0, 0.05) is 24.3 Å². The van der Waals surface area contributed by atoms with E-state index in [-0.39, 0.29) is 17.2 Å². The van der Waals surface area contributed by atoms with Crippen LogP contribution in [0.4, 0.5) is 0 Å². The summed E-state index contributed by atoms with van der Waals surface area (Å²) < 4.78 is 2.12. The van der Waals surface area contributed by atoms with Crippen molar-refractivity contribution in [3.8, 4) is 5.75 Å². The second kappa shape index (κ2) is 8.23. The molecular formula is C17H30N2O2. The molecule has 1 atom stereocenters. The minimum atomic E-state index is -0.269. The maximum Gasteiger partial charge on any atom is 0.223 e. The number of hydrogen-bond acceptors (Lipinski definition) is 3. The molecular weight excluding hydrogens is 264 g/mol. The maximum absolute atomic E-state index is 11.9. The largest absolute Gasteiger partial charge is 0.503 e. The Kier molecular flexibility index (Phi) is 6.96. The zero-order valence-electron chi connectivity index (χ0n) is 14.1. The summed E-state index contributed by atoms with van der Waals surface area (Å²) in [7, 11) is 0. The third-order valence-electron chi connectivity index (χ3n) is 4.00. The number of hydrogen-bond donors (Lipinski definition) is 1. The highest BCUT2D eigenvalue weighted by molar-refractivity contribution is 5.30. The van der Waals surface area contributed by atoms with Crippen LogP contribution in [-0.4, -0.2) is 27.7 Å². The fourth-order valence-corrected chi connectivity index (χ4v) is 2.86. The van der Waals surface area contributed by atoms with Crippen molar-refractivity contribution in [1.82, 2.24) is 9.47 Å². The van der Waals surface area contributed by atoms with E-state index < -0.39 is 0 Å². The Morgan fingerprint density at radius 3 is 2.29 bits per heavy atom. The Hall–Kier alpha value is -1.29. The SMILES string of the molecule is CCCN(CCC)Cc1c(O)c(=O)cc(C)n1C(C)CC. The third-order valence-corrected chi connectivity index (χ3v) is 4.00. The molecule has 0 radical (unpaired) electrons. The standard InChI is InChI=1S/C17H30N2O2/c1-6-9-18(10-7-2)12-15-17(21)16(20)11-14(5)19(15)13(4)8-3/h11,13,21H,6-10,12H2,1-5H3. The molecule has 0 aliphatic rings. The zero-order chi connectivity index (χ0) is 16.0. The van der Waals surface area contributed by atoms with Crippen molar-refractivity contribution >= 4 is 0 Å². The van der Waals surface area contributed by atoms with Gasteiger partial charge in [0.05, 0.1) is 5.69 Å². The first-order valence-corrected chi connectivity index (χ1v) is 8.12. The van der Waals surface area contributed by atoms with Crippen molar-refractivity contribution in [3.63, 3.8) is 0 Å². The van der Waals surface area contributed by atoms with Gasteiger partial charge in [0.15, 0.2) is 5.75 Å². The molecule has 1 aromatic rings. The Bertz CT molecular complexity index is 502. The molecule has 0 spiro atoms. The van der Waals surface area contributed by atoms with Gasteiger partial charge in [-0.15, -0.1) is 0 Å². The molecule has 120 valence electrons. The molecule has 0 bridgehead atoms. The van der Waals surface area contributed by atoms with Crippen molar-refractivity contribution in [3.05, 3.63) is 27.7 Å². The van der Waals surface area contributed by atoms with Gasteiger partial charge in [-0.05, 0) is 46.2 Å². The fourth-order valence-electron chi connectivity index (χ4n) is 2.86. The van der Waals surface area contributed by atoms with Crippen LogP contribution in [0.5, 0.6) is 5.75 Å². The molecule has 1 aromatic heterocycles. The van der Waals surface area contributed by atoms with Gasteiger partial charge in [0.2, 0.25) is 5.43 Å². The Morgan fingerprint density at radius 2 is 1.81 bits per heavy atom. The summed E-state index contributed by atoms with van der Waals surface area (Å²) in [4.78, 5) is 14.3. The van der Waals surface area contributed by atoms with Crippen LogP contribution >= 0.6 is 0 Å². The monoisotopic (exact) mass is 294 g/mol. The van der Waals surface area contributed by atoms with Crippen LogP contribution in [0, 0.1) is 6.92 Å². The van der Waals surface area contributed by atoms with E-state index in [1.54, 1.807) is 0 Å². The number of aromatic hydroxyl groups is 1. The molecule has 0 aromatic carbocycles. The molecule has 0 amide bonds. The molecule has 21 heavy (non-hydrogen) atoms. The second-order valence-electron chi connectivity index (χ2n) is 5.85. The highest BCUT2D eigenvalue weighted by Crippen LogP contribution is 2.23. The lowest BCUT2D eigenvalue weighted by Gasteiger charge is -2.27. The summed E-state index contributed by atoms with van der Waals surface area (Å²) in [6.45, 7) is 13.1. The molecule has 0 aliphatic carbocycles. The Morgan fingerprint density at radius 1 is 1.24 bits per heavy atom. The van der Waals surface area contributed by atoms with Crippen molar-refractivity contribution in [2.24, 2.45) is 0 Å². The van der Waals surface area contributed by atoms with Gasteiger partial charge in [-0.25, -0.2) is 0 Å². The first-order chi connectivity index (χ1) is 9.96. The van der Waals surface area contributed by atoms with E-state index in [9.17, 15) is 9.90 Å². The maximum atomic E-state index is 11.9. The molecule has 1 N–H and O–H groups in total. The van der Waals surface area contributed by atoms with Crippen molar-refractivity contribution in [2.75, 3.05) is 13.1 Å². The first-order valence-electron chi connectivity index (χ1n) is 8.12. The van der Waals surface area contributed by atoms with E-state index in [1.807, 2.05) is 6.92 Å². The van der Waals surface area contributed by atoms with Crippen molar-refractivity contribution in [2.45, 2.75) is 66.5 Å². The van der Waals surface area contributed by atoms with Crippen LogP contribution in [0.15, 0.2) is 10.9 Å². The molecule has 1 heterocycles. The molecule has 0 saturated heterocycles. The molecule has 4 heteroatoms. The molecule has 1 unspecified atom stereocenters. The van der Waals surface area contributed by atoms with Gasteiger partial charge < -0.3 is 9.67 Å². The van der Waals surface area contributed by atoms with E-state index in [2.05, 4.69) is 37.2 Å². The highest BCUT2D eigenvalue weighted by atomic mass is 16.3. The van der Waals surface area contributed by atoms with Gasteiger partial charge in [-0.2, -0.15) is 0 Å². The number of rotatable bonds is 8. The summed E-state index contributed by atoms with van der Waals surface area (Å²) in [6.07, 6.45) is 3.11. The lowest BCUT2D eigenvalue weighted by molar-refractivity contribution is 0.250. The topological polar surface area (TPSA) is 45.5 Å². The van der Waals surface area contributed by atoms with Gasteiger partial charge in [-0.1, -0.05) is 20.8 Å². The summed E-state index contributed by atoms with van der Waals surface area (Å²) in [5.41, 5.74) is 1.42. The van der Waals surface area contributed by atoms with Gasteiger partial charge in [0.25, 0.3) is 0 Å². The molecule has 0 fully saturated rings. The van der Waals surface area contributed by atoms with Crippen molar-refractivity contribution < 1.29 is 5.11 Å². The highest BCUT2D eigenvalue weighted by Gasteiger charge is 2.18. The van der Waals surface area contributed by atoms with E-state index in [0.717, 1.165) is 43.7 Å². The summed E-state index contributed by atoms with van der Waals surface area (Å²) >= 11 is 0. The summed E-state index contributed by atoms with van der Waals surface area (Å²) in [5.74, 6) is -0.0851. The van der Waals surface area contributed by atoms with Gasteiger partial charge in [-0.3, -0.25) is 9.69 Å². The quantitative estimate of drug-likeness (QED) is 0.798. The van der Waals surface area contributed by atoms with Crippen LogP contribution in [-0.2, 0) is 6.54 Å². The van der Waals surface area contributed by atoms with Crippen LogP contribution in [0.3, 0.4) is 0 Å². The van der Waals surface area contributed by atoms with Crippen LogP contribution in [0.2, 0.25) is 0 Å². The smallest absolute Gasteiger partial charge is 0.223 e. The fraction of sp³-hybridized carbons (Fsp3) is 0.706. The zero-order valence-corrected chi connectivity index (χ0v) is 14.1. The lowest BCUT2D eigenvalue weighted by atomic mass is 10.1. The second-order valence-corrected chi connectivity index (χ2v) is 5.85. The number of pyridine rings is 1. The lowest BCUT2D eigenvalue weighted by Crippen LogP contribution is -2.29. The minimum absolute atomic E-state index is 0.0851. The van der Waals surface area contributed by atoms with Crippen LogP contribution < -0.4 is 5.43 Å². The molecule has 1 rings (SSSR count). The molecule has 0 aliphatic heterocycles. The molecule has 4 nitrogen and oxygen atoms in total. The third kappa shape index (κ3) is 4.34. The van der Waals surface area contributed by atoms with E-state index in [4.69, 9.17) is 0 Å². The van der Waals surface area contributed by atoms with Crippen LogP contribution in [0.1, 0.15) is 64.4 Å². The number of aryl methyl sites for hydroxylation is 1. The van der Waals surface area contributed by atoms with E-state index in [0.29, 0.717) is 6.54 Å². The minimum Gasteiger partial charge on any atom is -0.503 e. The average molecular weight is 294 g/mol. The number of aromatic nitrogens is 1. The van der Waals surface area contributed by atoms with Crippen LogP contribution in [0.25, 0.3) is 0 Å². The first kappa shape index (κ1) is 17.8. The Balaban J connectivity index is 3.27. The van der Waals surface area contributed by atoms with Gasteiger partial charge in [0.1, 0.15) is 0 Å². The van der Waals surface area contributed by atoms with Crippen molar-refractivity contribution in [1.29, 1.82) is 0 Å². The van der Waals surface area contributed by atoms with E-state index in [1.165, 1.54) is 6.07 Å². The Labute approximate surface area is 128 Å². The number of nitrogens with zero attached hydrogens (tertiary/aromatic N) is 2. The predicted octanol–water partition coefficient (Wildman–Crippen LogP) is 3.46. The predicted molar refractivity (Wildman–Crippen MR) is 88.0 cm³/mol. The van der Waals surface area contributed by atoms with E-state index >= 15 is 0 Å².